The number of aromatic nitrogens is 4. The Morgan fingerprint density at radius 1 is 1.16 bits per heavy atom. The van der Waals surface area contributed by atoms with E-state index in [1.165, 1.54) is 0 Å². The fraction of sp³-hybridized carbons (Fsp3) is 0.381. The fourth-order valence-electron chi connectivity index (χ4n) is 3.72. The molecule has 1 amide bonds. The molecule has 8 nitrogen and oxygen atoms in total. The molecule has 11 heteroatoms. The van der Waals surface area contributed by atoms with E-state index in [0.717, 1.165) is 16.6 Å². The summed E-state index contributed by atoms with van der Waals surface area (Å²) in [5, 5.41) is 3.50. The van der Waals surface area contributed by atoms with E-state index in [1.54, 1.807) is 43.0 Å². The van der Waals surface area contributed by atoms with Crippen molar-refractivity contribution in [2.75, 3.05) is 11.4 Å². The van der Waals surface area contributed by atoms with Crippen LogP contribution in [-0.2, 0) is 22.2 Å². The normalized spacial score (nSPS) is 14.4. The van der Waals surface area contributed by atoms with Gasteiger partial charge in [-0.05, 0) is 56.5 Å². The highest BCUT2D eigenvalue weighted by molar-refractivity contribution is 5.95. The zero-order chi connectivity index (χ0) is 23.0. The van der Waals surface area contributed by atoms with Crippen LogP contribution in [0.3, 0.4) is 0 Å². The molecule has 0 N–H and O–H groups in total. The number of aryl methyl sites for hydroxylation is 2. The van der Waals surface area contributed by atoms with Crippen molar-refractivity contribution in [3.63, 3.8) is 0 Å². The van der Waals surface area contributed by atoms with Crippen molar-refractivity contribution in [3.05, 3.63) is 47.0 Å². The average Bonchev–Trinajstić information content (AvgIpc) is 3.35. The number of esters is 1. The van der Waals surface area contributed by atoms with Gasteiger partial charge in [-0.1, -0.05) is 0 Å². The Morgan fingerprint density at radius 3 is 2.50 bits per heavy atom. The Morgan fingerprint density at radius 2 is 1.88 bits per heavy atom. The highest BCUT2D eigenvalue weighted by Gasteiger charge is 2.37. The number of rotatable bonds is 5. The second-order valence-corrected chi connectivity index (χ2v) is 7.52. The number of hydrogen-bond acceptors (Lipinski definition) is 6. The monoisotopic (exact) mass is 447 g/mol. The summed E-state index contributed by atoms with van der Waals surface area (Å²) < 4.78 is 45.1. The molecule has 1 aliphatic rings. The van der Waals surface area contributed by atoms with Crippen molar-refractivity contribution in [3.8, 4) is 5.75 Å². The van der Waals surface area contributed by atoms with Gasteiger partial charge >= 0.3 is 12.1 Å². The molecule has 0 radical (unpaired) electrons. The number of amides is 1. The van der Waals surface area contributed by atoms with Gasteiger partial charge in [0.1, 0.15) is 5.75 Å². The SMILES string of the molecule is Cc1nc2nc(C(F)(F)F)nn2c(C)c1CCC(=O)Oc1ccc(N2CCCC2=O)cc1. The lowest BCUT2D eigenvalue weighted by molar-refractivity contribution is -0.144. The number of carbonyl (C=O) groups excluding carboxylic acids is 2. The van der Waals surface area contributed by atoms with E-state index in [1.807, 2.05) is 0 Å². The van der Waals surface area contributed by atoms with Crippen LogP contribution in [-0.4, -0.2) is 38.0 Å². The van der Waals surface area contributed by atoms with Crippen LogP contribution < -0.4 is 9.64 Å². The summed E-state index contributed by atoms with van der Waals surface area (Å²) in [6.07, 6.45) is -3.10. The van der Waals surface area contributed by atoms with Crippen molar-refractivity contribution >= 4 is 23.3 Å². The molecule has 0 aliphatic carbocycles. The van der Waals surface area contributed by atoms with Gasteiger partial charge in [0, 0.05) is 30.0 Å². The molecule has 0 atom stereocenters. The van der Waals surface area contributed by atoms with Crippen LogP contribution >= 0.6 is 0 Å². The molecule has 3 aromatic rings. The Labute approximate surface area is 181 Å². The maximum atomic E-state index is 12.9. The minimum atomic E-state index is -4.67. The Hall–Kier alpha value is -3.50. The van der Waals surface area contributed by atoms with Crippen molar-refractivity contribution in [1.82, 2.24) is 19.6 Å². The lowest BCUT2D eigenvalue weighted by Crippen LogP contribution is -2.23. The molecular weight excluding hydrogens is 427 g/mol. The lowest BCUT2D eigenvalue weighted by Gasteiger charge is -2.15. The predicted octanol–water partition coefficient (Wildman–Crippen LogP) is 3.42. The molecule has 2 aromatic heterocycles. The molecular formula is C21H20F3N5O3. The second-order valence-electron chi connectivity index (χ2n) is 7.52. The van der Waals surface area contributed by atoms with Crippen molar-refractivity contribution in [1.29, 1.82) is 0 Å². The quantitative estimate of drug-likeness (QED) is 0.440. The summed E-state index contributed by atoms with van der Waals surface area (Å²) in [5.74, 6) is -1.49. The highest BCUT2D eigenvalue weighted by Crippen LogP contribution is 2.27. The summed E-state index contributed by atoms with van der Waals surface area (Å²) in [6, 6.07) is 6.69. The molecule has 0 spiro atoms. The predicted molar refractivity (Wildman–Crippen MR) is 107 cm³/mol. The van der Waals surface area contributed by atoms with E-state index in [2.05, 4.69) is 15.1 Å². The molecule has 0 unspecified atom stereocenters. The maximum Gasteiger partial charge on any atom is 0.453 e. The standard InChI is InChI=1S/C21H20F3N5O3/c1-12-16(13(2)29-20(25-12)26-19(27-29)21(22,23)24)9-10-18(31)32-15-7-5-14(6-8-15)28-11-3-4-17(28)30/h5-8H,3-4,9-11H2,1-2H3. The number of nitrogens with zero attached hydrogens (tertiary/aromatic N) is 5. The first-order chi connectivity index (χ1) is 15.1. The summed E-state index contributed by atoms with van der Waals surface area (Å²) >= 11 is 0. The van der Waals surface area contributed by atoms with Crippen LogP contribution in [0.4, 0.5) is 18.9 Å². The van der Waals surface area contributed by atoms with E-state index in [4.69, 9.17) is 4.74 Å². The van der Waals surface area contributed by atoms with E-state index in [0.29, 0.717) is 35.7 Å². The molecule has 0 saturated carbocycles. The molecule has 1 fully saturated rings. The first kappa shape index (κ1) is 21.7. The van der Waals surface area contributed by atoms with Crippen molar-refractivity contribution in [2.24, 2.45) is 0 Å². The van der Waals surface area contributed by atoms with E-state index >= 15 is 0 Å². The number of carbonyl (C=O) groups is 2. The minimum Gasteiger partial charge on any atom is -0.427 e. The highest BCUT2D eigenvalue weighted by atomic mass is 19.4. The van der Waals surface area contributed by atoms with Gasteiger partial charge in [0.25, 0.3) is 11.6 Å². The maximum absolute atomic E-state index is 12.9. The largest absolute Gasteiger partial charge is 0.453 e. The number of hydrogen-bond donors (Lipinski definition) is 0. The Balaban J connectivity index is 1.43. The van der Waals surface area contributed by atoms with E-state index < -0.39 is 18.0 Å². The van der Waals surface area contributed by atoms with Crippen LogP contribution in [0.15, 0.2) is 24.3 Å². The Bertz CT molecular complexity index is 1190. The third-order valence-corrected chi connectivity index (χ3v) is 5.34. The number of fused-ring (bicyclic) bond motifs is 1. The summed E-state index contributed by atoms with van der Waals surface area (Å²) in [5.41, 5.74) is 2.27. The van der Waals surface area contributed by atoms with Gasteiger partial charge in [-0.2, -0.15) is 18.2 Å². The molecule has 1 aliphatic heterocycles. The van der Waals surface area contributed by atoms with Gasteiger partial charge in [-0.25, -0.2) is 9.50 Å². The number of anilines is 1. The van der Waals surface area contributed by atoms with Crippen LogP contribution in [0, 0.1) is 13.8 Å². The van der Waals surface area contributed by atoms with Crippen LogP contribution in [0.5, 0.6) is 5.75 Å². The Kier molecular flexibility index (Phi) is 5.57. The summed E-state index contributed by atoms with van der Waals surface area (Å²) in [4.78, 5) is 33.3. The van der Waals surface area contributed by atoms with Gasteiger partial charge in [0.05, 0.1) is 6.42 Å². The van der Waals surface area contributed by atoms with Gasteiger partial charge < -0.3 is 9.64 Å². The fourth-order valence-corrected chi connectivity index (χ4v) is 3.72. The average molecular weight is 447 g/mol. The number of ether oxygens (including phenoxy) is 1. The lowest BCUT2D eigenvalue weighted by atomic mass is 10.1. The van der Waals surface area contributed by atoms with Crippen LogP contribution in [0.2, 0.25) is 0 Å². The van der Waals surface area contributed by atoms with Gasteiger partial charge in [0.15, 0.2) is 0 Å². The topological polar surface area (TPSA) is 89.7 Å². The third kappa shape index (κ3) is 4.27. The molecule has 168 valence electrons. The van der Waals surface area contributed by atoms with Gasteiger partial charge in [-0.15, -0.1) is 5.10 Å². The molecule has 4 rings (SSSR count). The number of alkyl halides is 3. The summed E-state index contributed by atoms with van der Waals surface area (Å²) in [7, 11) is 0. The number of benzene rings is 1. The number of halogens is 3. The third-order valence-electron chi connectivity index (χ3n) is 5.34. The van der Waals surface area contributed by atoms with Gasteiger partial charge in [0.2, 0.25) is 5.91 Å². The summed E-state index contributed by atoms with van der Waals surface area (Å²) in [6.45, 7) is 3.93. The van der Waals surface area contributed by atoms with Crippen LogP contribution in [0.1, 0.15) is 42.0 Å². The van der Waals surface area contributed by atoms with Crippen molar-refractivity contribution in [2.45, 2.75) is 45.7 Å². The van der Waals surface area contributed by atoms with Gasteiger partial charge in [-0.3, -0.25) is 9.59 Å². The van der Waals surface area contributed by atoms with E-state index in [9.17, 15) is 22.8 Å². The van der Waals surface area contributed by atoms with Crippen molar-refractivity contribution < 1.29 is 27.5 Å². The molecule has 1 saturated heterocycles. The molecule has 32 heavy (non-hydrogen) atoms. The zero-order valence-corrected chi connectivity index (χ0v) is 17.4. The first-order valence-electron chi connectivity index (χ1n) is 10.0. The minimum absolute atomic E-state index is 0.00204. The van der Waals surface area contributed by atoms with E-state index in [-0.39, 0.29) is 24.5 Å². The molecule has 3 heterocycles. The smallest absolute Gasteiger partial charge is 0.427 e. The van der Waals surface area contributed by atoms with Crippen LogP contribution in [0.25, 0.3) is 5.78 Å². The zero-order valence-electron chi connectivity index (χ0n) is 17.4. The second kappa shape index (κ2) is 8.21. The molecule has 1 aromatic carbocycles. The first-order valence-corrected chi connectivity index (χ1v) is 10.0. The molecule has 0 bridgehead atoms.